The molecule has 0 spiro atoms. The summed E-state index contributed by atoms with van der Waals surface area (Å²) in [6.45, 7) is 5.24. The largest absolute Gasteiger partial charge is 0.369 e. The van der Waals surface area contributed by atoms with Gasteiger partial charge in [-0.25, -0.2) is 14.1 Å². The maximum Gasteiger partial charge on any atom is 0.202 e. The fourth-order valence-electron chi connectivity index (χ4n) is 2.39. The van der Waals surface area contributed by atoms with Gasteiger partial charge in [-0.05, 0) is 31.5 Å². The molecule has 0 amide bonds. The average Bonchev–Trinajstić information content (AvgIpc) is 2.91. The van der Waals surface area contributed by atoms with Crippen molar-refractivity contribution in [1.29, 1.82) is 0 Å². The van der Waals surface area contributed by atoms with Gasteiger partial charge in [0.05, 0.1) is 12.2 Å². The molecule has 0 bridgehead atoms. The van der Waals surface area contributed by atoms with Gasteiger partial charge in [-0.15, -0.1) is 0 Å². The van der Waals surface area contributed by atoms with Crippen LogP contribution in [0.3, 0.4) is 0 Å². The molecule has 0 unspecified atom stereocenters. The Hall–Kier alpha value is -2.37. The summed E-state index contributed by atoms with van der Waals surface area (Å²) < 4.78 is 16.8. The van der Waals surface area contributed by atoms with Crippen LogP contribution in [-0.4, -0.2) is 19.3 Å². The minimum Gasteiger partial charge on any atom is -0.369 e. The van der Waals surface area contributed by atoms with Gasteiger partial charge in [-0.3, -0.25) is 4.57 Å². The van der Waals surface area contributed by atoms with E-state index in [9.17, 15) is 4.39 Å². The van der Waals surface area contributed by atoms with Crippen molar-refractivity contribution in [3.63, 3.8) is 0 Å². The number of benzene rings is 1. The van der Waals surface area contributed by atoms with Crippen LogP contribution >= 0.6 is 0 Å². The van der Waals surface area contributed by atoms with E-state index < -0.39 is 0 Å². The van der Waals surface area contributed by atoms with Gasteiger partial charge in [0.2, 0.25) is 5.95 Å². The highest BCUT2D eigenvalue weighted by atomic mass is 19.1. The van der Waals surface area contributed by atoms with E-state index in [0.717, 1.165) is 29.0 Å². The van der Waals surface area contributed by atoms with Crippen LogP contribution in [0.25, 0.3) is 11.2 Å². The minimum absolute atomic E-state index is 0.244. The number of nitrogen functional groups attached to an aromatic ring is 1. The highest BCUT2D eigenvalue weighted by molar-refractivity contribution is 5.77. The fraction of sp³-hybridized carbons (Fsp3) is 0.286. The van der Waals surface area contributed by atoms with E-state index in [4.69, 9.17) is 5.73 Å². The molecule has 0 aliphatic heterocycles. The van der Waals surface area contributed by atoms with Crippen LogP contribution in [0.4, 0.5) is 10.3 Å². The molecule has 20 heavy (non-hydrogen) atoms. The highest BCUT2D eigenvalue weighted by Gasteiger charge is 2.16. The number of imidazole rings is 1. The number of fused-ring (bicyclic) bond motifs is 1. The first-order valence-electron chi connectivity index (χ1n) is 6.53. The van der Waals surface area contributed by atoms with Crippen LogP contribution in [-0.2, 0) is 13.1 Å². The lowest BCUT2D eigenvalue weighted by atomic mass is 10.2. The molecule has 2 aromatic heterocycles. The smallest absolute Gasteiger partial charge is 0.202 e. The van der Waals surface area contributed by atoms with Gasteiger partial charge in [-0.1, -0.05) is 12.1 Å². The average molecular weight is 273 g/mol. The zero-order valence-corrected chi connectivity index (χ0v) is 11.5. The van der Waals surface area contributed by atoms with Gasteiger partial charge < -0.3 is 5.73 Å². The number of nitrogens with two attached hydrogens (primary N) is 1. The minimum atomic E-state index is -0.244. The lowest BCUT2D eigenvalue weighted by Gasteiger charge is -2.08. The quantitative estimate of drug-likeness (QED) is 0.796. The number of nitrogens with zero attached hydrogens (tertiary/aromatic N) is 4. The molecule has 0 radical (unpaired) electrons. The Kier molecular flexibility index (Phi) is 2.93. The zero-order chi connectivity index (χ0) is 14.3. The SMILES string of the molecule is CCn1nc(C)c2nc(N)n(Cc3ccc(F)cc3)c21. The van der Waals surface area contributed by atoms with Crippen molar-refractivity contribution in [3.8, 4) is 0 Å². The zero-order valence-electron chi connectivity index (χ0n) is 11.5. The molecule has 0 saturated carbocycles. The summed E-state index contributed by atoms with van der Waals surface area (Å²) in [4.78, 5) is 4.38. The molecule has 0 atom stereocenters. The summed E-state index contributed by atoms with van der Waals surface area (Å²) in [5.74, 6) is 0.207. The van der Waals surface area contributed by atoms with E-state index in [0.29, 0.717) is 12.5 Å². The van der Waals surface area contributed by atoms with Crippen LogP contribution < -0.4 is 5.73 Å². The summed E-state index contributed by atoms with van der Waals surface area (Å²) in [5, 5.41) is 4.44. The Labute approximate surface area is 115 Å². The van der Waals surface area contributed by atoms with Crippen LogP contribution in [0.1, 0.15) is 18.2 Å². The summed E-state index contributed by atoms with van der Waals surface area (Å²) in [6, 6.07) is 6.39. The van der Waals surface area contributed by atoms with E-state index in [1.807, 2.05) is 23.1 Å². The number of hydrogen-bond donors (Lipinski definition) is 1. The standard InChI is InChI=1S/C14H16FN5/c1-3-20-13-12(9(2)18-20)17-14(16)19(13)8-10-4-6-11(15)7-5-10/h4-7H,3,8H2,1-2H3,(H2,16,17). The van der Waals surface area contributed by atoms with Crippen molar-refractivity contribution in [1.82, 2.24) is 19.3 Å². The van der Waals surface area contributed by atoms with Gasteiger partial charge >= 0.3 is 0 Å². The molecular weight excluding hydrogens is 257 g/mol. The molecule has 3 rings (SSSR count). The summed E-state index contributed by atoms with van der Waals surface area (Å²) in [6.07, 6.45) is 0. The summed E-state index contributed by atoms with van der Waals surface area (Å²) in [5.41, 5.74) is 9.58. The molecule has 2 N–H and O–H groups in total. The maximum atomic E-state index is 13.0. The van der Waals surface area contributed by atoms with Crippen molar-refractivity contribution >= 4 is 17.1 Å². The number of aromatic nitrogens is 4. The van der Waals surface area contributed by atoms with Gasteiger partial charge in [0.15, 0.2) is 5.65 Å². The molecular formula is C14H16FN5. The second-order valence-electron chi connectivity index (χ2n) is 4.76. The Morgan fingerprint density at radius 1 is 1.25 bits per heavy atom. The topological polar surface area (TPSA) is 61.7 Å². The first kappa shape index (κ1) is 12.7. The van der Waals surface area contributed by atoms with Crippen molar-refractivity contribution in [3.05, 3.63) is 41.3 Å². The van der Waals surface area contributed by atoms with E-state index >= 15 is 0 Å². The lowest BCUT2D eigenvalue weighted by molar-refractivity contribution is 0.625. The second-order valence-corrected chi connectivity index (χ2v) is 4.76. The normalized spacial score (nSPS) is 11.3. The third-order valence-electron chi connectivity index (χ3n) is 3.38. The predicted molar refractivity (Wildman–Crippen MR) is 75.8 cm³/mol. The Morgan fingerprint density at radius 3 is 2.60 bits per heavy atom. The number of rotatable bonds is 3. The maximum absolute atomic E-state index is 13.0. The molecule has 1 aromatic carbocycles. The van der Waals surface area contributed by atoms with Gasteiger partial charge in [0, 0.05) is 6.54 Å². The number of aryl methyl sites for hydroxylation is 2. The molecule has 0 aliphatic rings. The third kappa shape index (κ3) is 1.93. The van der Waals surface area contributed by atoms with Gasteiger partial charge in [0.1, 0.15) is 11.3 Å². The number of hydrogen-bond acceptors (Lipinski definition) is 3. The van der Waals surface area contributed by atoms with Gasteiger partial charge in [-0.2, -0.15) is 5.10 Å². The van der Waals surface area contributed by atoms with Crippen molar-refractivity contribution in [2.45, 2.75) is 26.9 Å². The third-order valence-corrected chi connectivity index (χ3v) is 3.38. The van der Waals surface area contributed by atoms with Crippen LogP contribution in [0.5, 0.6) is 0 Å². The van der Waals surface area contributed by atoms with Crippen LogP contribution in [0, 0.1) is 12.7 Å². The van der Waals surface area contributed by atoms with Crippen molar-refractivity contribution in [2.75, 3.05) is 5.73 Å². The Bertz CT molecular complexity index is 754. The number of halogens is 1. The van der Waals surface area contributed by atoms with Crippen molar-refractivity contribution in [2.24, 2.45) is 0 Å². The van der Waals surface area contributed by atoms with Crippen LogP contribution in [0.2, 0.25) is 0 Å². The number of anilines is 1. The molecule has 0 saturated heterocycles. The molecule has 3 aromatic rings. The molecule has 6 heteroatoms. The Morgan fingerprint density at radius 2 is 1.95 bits per heavy atom. The molecule has 0 aliphatic carbocycles. The Balaban J connectivity index is 2.10. The predicted octanol–water partition coefficient (Wildman–Crippen LogP) is 2.33. The molecule has 2 heterocycles. The molecule has 0 fully saturated rings. The van der Waals surface area contributed by atoms with E-state index in [1.54, 1.807) is 12.1 Å². The molecule has 5 nitrogen and oxygen atoms in total. The van der Waals surface area contributed by atoms with E-state index in [2.05, 4.69) is 10.1 Å². The molecule has 104 valence electrons. The lowest BCUT2D eigenvalue weighted by Crippen LogP contribution is -2.09. The second kappa shape index (κ2) is 4.63. The monoisotopic (exact) mass is 273 g/mol. The first-order chi connectivity index (χ1) is 9.60. The highest BCUT2D eigenvalue weighted by Crippen LogP contribution is 2.22. The van der Waals surface area contributed by atoms with E-state index in [-0.39, 0.29) is 5.82 Å². The van der Waals surface area contributed by atoms with Crippen LogP contribution in [0.15, 0.2) is 24.3 Å². The van der Waals surface area contributed by atoms with Crippen molar-refractivity contribution < 1.29 is 4.39 Å². The van der Waals surface area contributed by atoms with Gasteiger partial charge in [0.25, 0.3) is 0 Å². The fourth-order valence-corrected chi connectivity index (χ4v) is 2.39. The summed E-state index contributed by atoms with van der Waals surface area (Å²) >= 11 is 0. The summed E-state index contributed by atoms with van der Waals surface area (Å²) in [7, 11) is 0. The first-order valence-corrected chi connectivity index (χ1v) is 6.53. The van der Waals surface area contributed by atoms with E-state index in [1.165, 1.54) is 12.1 Å².